The standard InChI is InChI=1S/C17H24N4O3S/c1-14(2)19(3)17(22)13-20-8-10-21(11-9-20)25(23,24)16-6-4-15(12-18)5-7-16/h4-7,14H,8-11,13H2,1-3H3. The monoisotopic (exact) mass is 364 g/mol. The maximum Gasteiger partial charge on any atom is 0.243 e. The number of carbonyl (C=O) groups is 1. The van der Waals surface area contributed by atoms with Crippen LogP contribution in [0.2, 0.25) is 0 Å². The smallest absolute Gasteiger partial charge is 0.243 e. The number of nitrogens with zero attached hydrogens (tertiary/aromatic N) is 4. The molecule has 1 fully saturated rings. The predicted molar refractivity (Wildman–Crippen MR) is 94.3 cm³/mol. The molecule has 136 valence electrons. The lowest BCUT2D eigenvalue weighted by Crippen LogP contribution is -2.51. The van der Waals surface area contributed by atoms with Gasteiger partial charge < -0.3 is 4.90 Å². The first-order valence-electron chi connectivity index (χ1n) is 8.24. The van der Waals surface area contributed by atoms with Crippen molar-refractivity contribution in [3.8, 4) is 6.07 Å². The average Bonchev–Trinajstić information content (AvgIpc) is 2.61. The summed E-state index contributed by atoms with van der Waals surface area (Å²) in [5.41, 5.74) is 0.427. The van der Waals surface area contributed by atoms with Gasteiger partial charge in [-0.15, -0.1) is 0 Å². The second-order valence-corrected chi connectivity index (χ2v) is 8.35. The van der Waals surface area contributed by atoms with E-state index in [-0.39, 0.29) is 16.8 Å². The molecular weight excluding hydrogens is 340 g/mol. The first-order chi connectivity index (χ1) is 11.8. The molecule has 0 N–H and O–H groups in total. The van der Waals surface area contributed by atoms with Crippen molar-refractivity contribution in [1.82, 2.24) is 14.1 Å². The van der Waals surface area contributed by atoms with Crippen LogP contribution in [0.4, 0.5) is 0 Å². The van der Waals surface area contributed by atoms with Gasteiger partial charge in [0, 0.05) is 39.3 Å². The molecule has 1 amide bonds. The number of nitriles is 1. The SMILES string of the molecule is CC(C)N(C)C(=O)CN1CCN(S(=O)(=O)c2ccc(C#N)cc2)CC1. The number of piperazine rings is 1. The number of rotatable bonds is 5. The van der Waals surface area contributed by atoms with Gasteiger partial charge in [-0.25, -0.2) is 8.42 Å². The summed E-state index contributed by atoms with van der Waals surface area (Å²) < 4.78 is 26.8. The third-order valence-corrected chi connectivity index (χ3v) is 6.39. The molecular formula is C17H24N4O3S. The summed E-state index contributed by atoms with van der Waals surface area (Å²) >= 11 is 0. The molecule has 8 heteroatoms. The fourth-order valence-electron chi connectivity index (χ4n) is 2.57. The first-order valence-corrected chi connectivity index (χ1v) is 9.68. The van der Waals surface area contributed by atoms with Crippen LogP contribution < -0.4 is 0 Å². The van der Waals surface area contributed by atoms with Gasteiger partial charge in [-0.05, 0) is 38.1 Å². The van der Waals surface area contributed by atoms with Crippen LogP contribution in [0.1, 0.15) is 19.4 Å². The molecule has 0 aliphatic carbocycles. The molecule has 0 spiro atoms. The van der Waals surface area contributed by atoms with Crippen molar-refractivity contribution in [2.45, 2.75) is 24.8 Å². The molecule has 25 heavy (non-hydrogen) atoms. The molecule has 0 aromatic heterocycles. The van der Waals surface area contributed by atoms with Gasteiger partial charge in [-0.1, -0.05) is 0 Å². The van der Waals surface area contributed by atoms with Crippen molar-refractivity contribution in [3.63, 3.8) is 0 Å². The van der Waals surface area contributed by atoms with E-state index >= 15 is 0 Å². The van der Waals surface area contributed by atoms with E-state index in [2.05, 4.69) is 0 Å². The summed E-state index contributed by atoms with van der Waals surface area (Å²) in [5, 5.41) is 8.81. The lowest BCUT2D eigenvalue weighted by atomic mass is 10.2. The zero-order chi connectivity index (χ0) is 18.6. The fraction of sp³-hybridized carbons (Fsp3) is 0.529. The Labute approximate surface area is 149 Å². The normalized spacial score (nSPS) is 16.6. The number of amides is 1. The lowest BCUT2D eigenvalue weighted by Gasteiger charge is -2.34. The highest BCUT2D eigenvalue weighted by Crippen LogP contribution is 2.18. The van der Waals surface area contributed by atoms with E-state index in [9.17, 15) is 13.2 Å². The Kier molecular flexibility index (Phi) is 6.16. The van der Waals surface area contributed by atoms with E-state index in [1.807, 2.05) is 24.8 Å². The number of hydrogen-bond acceptors (Lipinski definition) is 5. The third kappa shape index (κ3) is 4.57. The molecule has 0 unspecified atom stereocenters. The molecule has 1 aliphatic heterocycles. The quantitative estimate of drug-likeness (QED) is 0.769. The number of sulfonamides is 1. The highest BCUT2D eigenvalue weighted by atomic mass is 32.2. The second kappa shape index (κ2) is 7.95. The van der Waals surface area contributed by atoms with Gasteiger partial charge in [0.25, 0.3) is 0 Å². The van der Waals surface area contributed by atoms with Crippen molar-refractivity contribution in [2.24, 2.45) is 0 Å². The van der Waals surface area contributed by atoms with Crippen LogP contribution in [0.25, 0.3) is 0 Å². The Morgan fingerprint density at radius 2 is 1.76 bits per heavy atom. The minimum atomic E-state index is -3.57. The molecule has 1 aliphatic rings. The van der Waals surface area contributed by atoms with E-state index in [1.54, 1.807) is 11.9 Å². The molecule has 7 nitrogen and oxygen atoms in total. The Morgan fingerprint density at radius 3 is 2.24 bits per heavy atom. The Morgan fingerprint density at radius 1 is 1.20 bits per heavy atom. The van der Waals surface area contributed by atoms with E-state index in [0.29, 0.717) is 38.3 Å². The van der Waals surface area contributed by atoms with E-state index in [1.165, 1.54) is 28.6 Å². The van der Waals surface area contributed by atoms with Gasteiger partial charge in [0.05, 0.1) is 23.1 Å². The van der Waals surface area contributed by atoms with Gasteiger partial charge in [0.15, 0.2) is 0 Å². The van der Waals surface area contributed by atoms with Crippen LogP contribution in [0, 0.1) is 11.3 Å². The summed E-state index contributed by atoms with van der Waals surface area (Å²) in [6, 6.07) is 8.05. The van der Waals surface area contributed by atoms with Gasteiger partial charge in [0.1, 0.15) is 0 Å². The highest BCUT2D eigenvalue weighted by Gasteiger charge is 2.29. The predicted octanol–water partition coefficient (Wildman–Crippen LogP) is 0.731. The van der Waals surface area contributed by atoms with Crippen LogP contribution in [0.3, 0.4) is 0 Å². The maximum absolute atomic E-state index is 12.7. The molecule has 0 saturated carbocycles. The topological polar surface area (TPSA) is 84.7 Å². The van der Waals surface area contributed by atoms with Crippen molar-refractivity contribution in [3.05, 3.63) is 29.8 Å². The Hall–Kier alpha value is -1.95. The summed E-state index contributed by atoms with van der Waals surface area (Å²) in [7, 11) is -1.79. The Balaban J connectivity index is 1.96. The van der Waals surface area contributed by atoms with Gasteiger partial charge >= 0.3 is 0 Å². The molecule has 1 aromatic carbocycles. The van der Waals surface area contributed by atoms with Gasteiger partial charge in [0.2, 0.25) is 15.9 Å². The molecule has 0 radical (unpaired) electrons. The third-order valence-electron chi connectivity index (χ3n) is 4.48. The summed E-state index contributed by atoms with van der Waals surface area (Å²) in [6.45, 7) is 5.96. The van der Waals surface area contributed by atoms with Gasteiger partial charge in [-0.2, -0.15) is 9.57 Å². The number of likely N-dealkylation sites (N-methyl/N-ethyl adjacent to an activating group) is 1. The van der Waals surface area contributed by atoms with Crippen LogP contribution in [-0.2, 0) is 14.8 Å². The molecule has 1 aromatic rings. The van der Waals surface area contributed by atoms with Crippen LogP contribution in [0.15, 0.2) is 29.2 Å². The summed E-state index contributed by atoms with van der Waals surface area (Å²) in [4.78, 5) is 16.0. The molecule has 0 atom stereocenters. The summed E-state index contributed by atoms with van der Waals surface area (Å²) in [5.74, 6) is 0.0402. The summed E-state index contributed by atoms with van der Waals surface area (Å²) in [6.07, 6.45) is 0. The fourth-order valence-corrected chi connectivity index (χ4v) is 3.99. The van der Waals surface area contributed by atoms with Crippen molar-refractivity contribution >= 4 is 15.9 Å². The second-order valence-electron chi connectivity index (χ2n) is 6.41. The van der Waals surface area contributed by atoms with Crippen molar-refractivity contribution in [2.75, 3.05) is 39.8 Å². The average molecular weight is 364 g/mol. The molecule has 1 heterocycles. The number of carbonyl (C=O) groups excluding carboxylic acids is 1. The first kappa shape index (κ1) is 19.4. The molecule has 0 bridgehead atoms. The minimum Gasteiger partial charge on any atom is -0.342 e. The largest absolute Gasteiger partial charge is 0.342 e. The van der Waals surface area contributed by atoms with E-state index in [4.69, 9.17) is 5.26 Å². The molecule has 2 rings (SSSR count). The van der Waals surface area contributed by atoms with Crippen molar-refractivity contribution in [1.29, 1.82) is 5.26 Å². The van der Waals surface area contributed by atoms with Crippen LogP contribution >= 0.6 is 0 Å². The highest BCUT2D eigenvalue weighted by molar-refractivity contribution is 7.89. The van der Waals surface area contributed by atoms with Gasteiger partial charge in [-0.3, -0.25) is 9.69 Å². The Bertz CT molecular complexity index is 745. The van der Waals surface area contributed by atoms with E-state index < -0.39 is 10.0 Å². The number of benzene rings is 1. The minimum absolute atomic E-state index is 0.0402. The maximum atomic E-state index is 12.7. The van der Waals surface area contributed by atoms with Crippen LogP contribution in [0.5, 0.6) is 0 Å². The zero-order valence-corrected chi connectivity index (χ0v) is 15.7. The van der Waals surface area contributed by atoms with Crippen LogP contribution in [-0.4, -0.2) is 74.2 Å². The number of hydrogen-bond donors (Lipinski definition) is 0. The molecule has 1 saturated heterocycles. The lowest BCUT2D eigenvalue weighted by molar-refractivity contribution is -0.132. The van der Waals surface area contributed by atoms with E-state index in [0.717, 1.165) is 0 Å². The zero-order valence-electron chi connectivity index (χ0n) is 14.8. The van der Waals surface area contributed by atoms with Crippen molar-refractivity contribution < 1.29 is 13.2 Å².